The Morgan fingerprint density at radius 1 is 1.08 bits per heavy atom. The molecule has 1 amide bonds. The number of methoxy groups -OCH3 is 2. The number of rotatable bonds is 4. The van der Waals surface area contributed by atoms with Crippen LogP contribution in [0.3, 0.4) is 0 Å². The lowest BCUT2D eigenvalue weighted by atomic mass is 9.91. The molecule has 1 aromatic carbocycles. The predicted molar refractivity (Wildman–Crippen MR) is 98.3 cm³/mol. The minimum absolute atomic E-state index is 0.0910. The van der Waals surface area contributed by atoms with Gasteiger partial charge in [-0.3, -0.25) is 9.59 Å². The van der Waals surface area contributed by atoms with E-state index < -0.39 is 18.1 Å². The summed E-state index contributed by atoms with van der Waals surface area (Å²) in [6, 6.07) is 5.16. The molecule has 26 heavy (non-hydrogen) atoms. The Hall–Kier alpha value is -2.83. The van der Waals surface area contributed by atoms with Crippen molar-refractivity contribution in [1.82, 2.24) is 9.80 Å². The molecule has 3 atom stereocenters. The largest absolute Gasteiger partial charge is 0.493 e. The molecular weight excluding hydrogens is 334 g/mol. The van der Waals surface area contributed by atoms with E-state index in [0.29, 0.717) is 17.3 Å². The molecular formula is C19H23N3O4. The Bertz CT molecular complexity index is 802. The molecule has 3 unspecified atom stereocenters. The lowest BCUT2D eigenvalue weighted by Gasteiger charge is -2.37. The molecule has 0 bridgehead atoms. The zero-order valence-electron chi connectivity index (χ0n) is 15.6. The highest BCUT2D eigenvalue weighted by molar-refractivity contribution is 6.10. The normalized spacial score (nSPS) is 25.6. The number of carbonyl (C=O) groups is 2. The van der Waals surface area contributed by atoms with Gasteiger partial charge in [0, 0.05) is 19.7 Å². The van der Waals surface area contributed by atoms with Crippen molar-refractivity contribution < 1.29 is 19.1 Å². The summed E-state index contributed by atoms with van der Waals surface area (Å²) in [4.78, 5) is 32.7. The van der Waals surface area contributed by atoms with E-state index in [9.17, 15) is 9.59 Å². The molecule has 0 aromatic heterocycles. The Kier molecular flexibility index (Phi) is 4.71. The van der Waals surface area contributed by atoms with E-state index in [-0.39, 0.29) is 11.7 Å². The number of fused-ring (bicyclic) bond motifs is 1. The van der Waals surface area contributed by atoms with Gasteiger partial charge in [0.1, 0.15) is 11.9 Å². The van der Waals surface area contributed by atoms with Gasteiger partial charge in [0.25, 0.3) is 0 Å². The Labute approximate surface area is 152 Å². The Balaban J connectivity index is 1.91. The predicted octanol–water partition coefficient (Wildman–Crippen LogP) is 1.43. The molecule has 0 saturated carbocycles. The average molecular weight is 357 g/mol. The van der Waals surface area contributed by atoms with Gasteiger partial charge < -0.3 is 19.3 Å². The number of aliphatic imine (C=N–C) groups is 1. The molecule has 1 saturated heterocycles. The van der Waals surface area contributed by atoms with Crippen LogP contribution in [0.5, 0.6) is 11.5 Å². The lowest BCUT2D eigenvalue weighted by molar-refractivity contribution is -0.149. The molecule has 0 radical (unpaired) electrons. The maximum Gasteiger partial charge on any atom is 0.234 e. The van der Waals surface area contributed by atoms with E-state index in [1.807, 2.05) is 42.3 Å². The lowest BCUT2D eigenvalue weighted by Crippen LogP contribution is -2.59. The van der Waals surface area contributed by atoms with Crippen LogP contribution in [0.25, 0.3) is 6.08 Å². The molecule has 138 valence electrons. The van der Waals surface area contributed by atoms with Gasteiger partial charge in [-0.25, -0.2) is 4.99 Å². The van der Waals surface area contributed by atoms with Gasteiger partial charge in [-0.1, -0.05) is 12.1 Å². The molecule has 2 aliphatic rings. The molecule has 0 N–H and O–H groups in total. The third-order valence-corrected chi connectivity index (χ3v) is 5.00. The first-order valence-electron chi connectivity index (χ1n) is 8.40. The third kappa shape index (κ3) is 2.73. The molecule has 3 rings (SSSR count). The standard InChI is InChI=1S/C19H23N3O4/c1-11-16(23)15-18(22(3)19(11)24)20-14(21(15)2)10-9-12-7-6-8-13(25-4)17(12)26-5/h6-11,15,18H,1-5H3/b10-9+. The van der Waals surface area contributed by atoms with Gasteiger partial charge >= 0.3 is 0 Å². The first-order chi connectivity index (χ1) is 12.4. The van der Waals surface area contributed by atoms with Crippen LogP contribution >= 0.6 is 0 Å². The van der Waals surface area contributed by atoms with Crippen molar-refractivity contribution in [3.8, 4) is 11.5 Å². The second-order valence-corrected chi connectivity index (χ2v) is 6.45. The van der Waals surface area contributed by atoms with Gasteiger partial charge in [0.15, 0.2) is 23.4 Å². The fraction of sp³-hybridized carbons (Fsp3) is 0.421. The van der Waals surface area contributed by atoms with Gasteiger partial charge in [-0.2, -0.15) is 0 Å². The summed E-state index contributed by atoms with van der Waals surface area (Å²) in [5.41, 5.74) is 0.835. The molecule has 7 heteroatoms. The van der Waals surface area contributed by atoms with Crippen molar-refractivity contribution in [3.63, 3.8) is 0 Å². The highest BCUT2D eigenvalue weighted by Crippen LogP contribution is 2.32. The fourth-order valence-electron chi connectivity index (χ4n) is 3.46. The van der Waals surface area contributed by atoms with Gasteiger partial charge in [-0.05, 0) is 25.1 Å². The third-order valence-electron chi connectivity index (χ3n) is 5.00. The second-order valence-electron chi connectivity index (χ2n) is 6.45. The number of likely N-dealkylation sites (tertiary alicyclic amines) is 1. The zero-order chi connectivity index (χ0) is 19.0. The second kappa shape index (κ2) is 6.82. The molecule has 1 fully saturated rings. The van der Waals surface area contributed by atoms with Crippen LogP contribution in [-0.2, 0) is 9.59 Å². The monoisotopic (exact) mass is 357 g/mol. The Morgan fingerprint density at radius 2 is 1.81 bits per heavy atom. The van der Waals surface area contributed by atoms with Crippen LogP contribution < -0.4 is 9.47 Å². The summed E-state index contributed by atoms with van der Waals surface area (Å²) >= 11 is 0. The first kappa shape index (κ1) is 18.0. The summed E-state index contributed by atoms with van der Waals surface area (Å²) < 4.78 is 10.7. The number of ether oxygens (including phenoxy) is 2. The minimum Gasteiger partial charge on any atom is -0.493 e. The number of amidine groups is 1. The molecule has 0 spiro atoms. The van der Waals surface area contributed by atoms with Crippen molar-refractivity contribution in [2.45, 2.75) is 19.1 Å². The number of likely N-dealkylation sites (N-methyl/N-ethyl adjacent to an activating group) is 2. The number of hydrogen-bond donors (Lipinski definition) is 0. The minimum atomic E-state index is -0.638. The highest BCUT2D eigenvalue weighted by Gasteiger charge is 2.49. The zero-order valence-corrected chi connectivity index (χ0v) is 15.6. The topological polar surface area (TPSA) is 71.4 Å². The number of Topliss-reactive ketones (excluding diaryl/α,β-unsaturated/α-hetero) is 1. The molecule has 2 heterocycles. The summed E-state index contributed by atoms with van der Waals surface area (Å²) in [5.74, 6) is 0.994. The van der Waals surface area contributed by atoms with Crippen LogP contribution in [0, 0.1) is 5.92 Å². The van der Waals surface area contributed by atoms with E-state index in [1.54, 1.807) is 33.1 Å². The smallest absolute Gasteiger partial charge is 0.234 e. The number of nitrogens with zero attached hydrogens (tertiary/aromatic N) is 3. The average Bonchev–Trinajstić information content (AvgIpc) is 2.99. The summed E-state index contributed by atoms with van der Waals surface area (Å²) in [6.45, 7) is 1.65. The SMILES string of the molecule is COc1cccc(/C=C/C2=NC3C(C(=O)C(C)C(=O)N3C)N2C)c1OC. The fourth-order valence-corrected chi connectivity index (χ4v) is 3.46. The van der Waals surface area contributed by atoms with Crippen LogP contribution in [0.4, 0.5) is 0 Å². The number of benzene rings is 1. The van der Waals surface area contributed by atoms with Crippen molar-refractivity contribution in [1.29, 1.82) is 0 Å². The number of hydrogen-bond acceptors (Lipinski definition) is 6. The van der Waals surface area contributed by atoms with E-state index in [0.717, 1.165) is 5.56 Å². The maximum atomic E-state index is 12.6. The van der Waals surface area contributed by atoms with Gasteiger partial charge in [0.2, 0.25) is 5.91 Å². The number of carbonyl (C=O) groups excluding carboxylic acids is 2. The number of piperidine rings is 1. The number of para-hydroxylation sites is 1. The molecule has 1 aromatic rings. The van der Waals surface area contributed by atoms with E-state index in [2.05, 4.69) is 4.99 Å². The van der Waals surface area contributed by atoms with Crippen molar-refractivity contribution in [3.05, 3.63) is 29.8 Å². The van der Waals surface area contributed by atoms with E-state index in [1.165, 1.54) is 0 Å². The summed E-state index contributed by atoms with van der Waals surface area (Å²) in [5, 5.41) is 0. The highest BCUT2D eigenvalue weighted by atomic mass is 16.5. The van der Waals surface area contributed by atoms with Crippen LogP contribution in [0.2, 0.25) is 0 Å². The van der Waals surface area contributed by atoms with Crippen molar-refractivity contribution in [2.75, 3.05) is 28.3 Å². The molecule has 7 nitrogen and oxygen atoms in total. The first-order valence-corrected chi connectivity index (χ1v) is 8.40. The maximum absolute atomic E-state index is 12.6. The molecule has 0 aliphatic carbocycles. The van der Waals surface area contributed by atoms with Crippen LogP contribution in [0.15, 0.2) is 29.3 Å². The van der Waals surface area contributed by atoms with Crippen LogP contribution in [-0.4, -0.2) is 67.8 Å². The summed E-state index contributed by atoms with van der Waals surface area (Å²) in [6.07, 6.45) is 3.21. The van der Waals surface area contributed by atoms with Crippen LogP contribution in [0.1, 0.15) is 12.5 Å². The Morgan fingerprint density at radius 3 is 2.46 bits per heavy atom. The number of ketones is 1. The van der Waals surface area contributed by atoms with Gasteiger partial charge in [-0.15, -0.1) is 0 Å². The van der Waals surface area contributed by atoms with Gasteiger partial charge in [0.05, 0.1) is 20.1 Å². The van der Waals surface area contributed by atoms with E-state index >= 15 is 0 Å². The van der Waals surface area contributed by atoms with Crippen molar-refractivity contribution in [2.24, 2.45) is 10.9 Å². The molecule has 2 aliphatic heterocycles. The van der Waals surface area contributed by atoms with Crippen molar-refractivity contribution >= 4 is 23.6 Å². The number of amides is 1. The van der Waals surface area contributed by atoms with E-state index in [4.69, 9.17) is 9.47 Å². The summed E-state index contributed by atoms with van der Waals surface area (Å²) in [7, 11) is 6.69. The quantitative estimate of drug-likeness (QED) is 0.763.